The van der Waals surface area contributed by atoms with Gasteiger partial charge in [-0.05, 0) is 6.42 Å². The number of hydrogen-bond acceptors (Lipinski definition) is 2. The van der Waals surface area contributed by atoms with Gasteiger partial charge in [-0.3, -0.25) is 0 Å². The van der Waals surface area contributed by atoms with Gasteiger partial charge in [-0.15, -0.1) is 6.42 Å². The molecule has 0 aromatic rings. The third kappa shape index (κ3) is 7.01. The van der Waals surface area contributed by atoms with Crippen molar-refractivity contribution in [2.24, 2.45) is 0 Å². The highest BCUT2D eigenvalue weighted by atomic mass is 16.5. The molecule has 0 rings (SSSR count). The number of hydrogen-bond donors (Lipinski definition) is 0. The number of ether oxygens (including phenoxy) is 1. The van der Waals surface area contributed by atoms with Crippen molar-refractivity contribution < 1.29 is 4.74 Å². The van der Waals surface area contributed by atoms with Crippen molar-refractivity contribution in [2.45, 2.75) is 12.8 Å². The van der Waals surface area contributed by atoms with Gasteiger partial charge in [0.15, 0.2) is 0 Å². The van der Waals surface area contributed by atoms with Gasteiger partial charge in [-0.2, -0.15) is 5.26 Å². The second-order valence-electron chi connectivity index (χ2n) is 1.52. The lowest BCUT2D eigenvalue weighted by molar-refractivity contribution is 0.165. The maximum absolute atomic E-state index is 8.08. The molecule has 0 saturated heterocycles. The van der Waals surface area contributed by atoms with Gasteiger partial charge in [0, 0.05) is 13.0 Å². The normalized spacial score (nSPS) is 7.78. The van der Waals surface area contributed by atoms with Gasteiger partial charge >= 0.3 is 0 Å². The smallest absolute Gasteiger partial charge is 0.107 e. The standard InChI is InChI=1S/C7H9NO/c1-2-6-9-7-4-3-5-8/h1H,3-4,6-7H2. The van der Waals surface area contributed by atoms with E-state index in [1.807, 2.05) is 6.07 Å². The van der Waals surface area contributed by atoms with E-state index >= 15 is 0 Å². The number of unbranched alkanes of at least 4 members (excludes halogenated alkanes) is 1. The quantitative estimate of drug-likeness (QED) is 0.411. The Hall–Kier alpha value is -0.990. The van der Waals surface area contributed by atoms with E-state index < -0.39 is 0 Å². The fourth-order valence-electron chi connectivity index (χ4n) is 0.384. The maximum atomic E-state index is 8.08. The summed E-state index contributed by atoms with van der Waals surface area (Å²) in [5, 5.41) is 8.08. The van der Waals surface area contributed by atoms with E-state index in [1.54, 1.807) is 0 Å². The lowest BCUT2D eigenvalue weighted by Gasteiger charge is -1.93. The zero-order valence-corrected chi connectivity index (χ0v) is 5.26. The van der Waals surface area contributed by atoms with E-state index in [0.717, 1.165) is 6.42 Å². The minimum Gasteiger partial charge on any atom is -0.369 e. The van der Waals surface area contributed by atoms with E-state index in [0.29, 0.717) is 19.6 Å². The van der Waals surface area contributed by atoms with Crippen molar-refractivity contribution in [3.63, 3.8) is 0 Å². The first-order chi connectivity index (χ1) is 4.41. The van der Waals surface area contributed by atoms with Crippen LogP contribution in [0.2, 0.25) is 0 Å². The largest absolute Gasteiger partial charge is 0.369 e. The molecule has 0 saturated carbocycles. The summed E-state index contributed by atoms with van der Waals surface area (Å²) in [6.45, 7) is 0.948. The predicted molar refractivity (Wildman–Crippen MR) is 34.5 cm³/mol. The molecule has 0 atom stereocenters. The van der Waals surface area contributed by atoms with Crippen LogP contribution < -0.4 is 0 Å². The van der Waals surface area contributed by atoms with Gasteiger partial charge in [-0.25, -0.2) is 0 Å². The minimum atomic E-state index is 0.353. The van der Waals surface area contributed by atoms with Crippen LogP contribution in [0.4, 0.5) is 0 Å². The van der Waals surface area contributed by atoms with E-state index in [9.17, 15) is 0 Å². The first-order valence-electron chi connectivity index (χ1n) is 2.80. The van der Waals surface area contributed by atoms with Crippen LogP contribution in [0.3, 0.4) is 0 Å². The van der Waals surface area contributed by atoms with Crippen molar-refractivity contribution in [2.75, 3.05) is 13.2 Å². The van der Waals surface area contributed by atoms with Gasteiger partial charge < -0.3 is 4.74 Å². The van der Waals surface area contributed by atoms with Crippen molar-refractivity contribution in [3.8, 4) is 18.4 Å². The summed E-state index contributed by atoms with van der Waals surface area (Å²) in [4.78, 5) is 0. The van der Waals surface area contributed by atoms with Gasteiger partial charge in [0.05, 0.1) is 6.07 Å². The molecule has 0 aromatic carbocycles. The number of rotatable bonds is 4. The van der Waals surface area contributed by atoms with Crippen LogP contribution in [-0.2, 0) is 4.74 Å². The second kappa shape index (κ2) is 7.01. The molecule has 0 aliphatic heterocycles. The summed E-state index contributed by atoms with van der Waals surface area (Å²) < 4.78 is 4.90. The molecule has 0 aliphatic rings. The van der Waals surface area contributed by atoms with Gasteiger partial charge in [0.2, 0.25) is 0 Å². The second-order valence-corrected chi connectivity index (χ2v) is 1.52. The minimum absolute atomic E-state index is 0.353. The average Bonchev–Trinajstić information content (AvgIpc) is 1.89. The van der Waals surface area contributed by atoms with Gasteiger partial charge in [-0.1, -0.05) is 5.92 Å². The van der Waals surface area contributed by atoms with Crippen LogP contribution in [0.15, 0.2) is 0 Å². The molecule has 0 heterocycles. The summed E-state index contributed by atoms with van der Waals surface area (Å²) in [5.74, 6) is 2.34. The van der Waals surface area contributed by atoms with E-state index in [2.05, 4.69) is 5.92 Å². The monoisotopic (exact) mass is 123 g/mol. The van der Waals surface area contributed by atoms with E-state index in [1.165, 1.54) is 0 Å². The van der Waals surface area contributed by atoms with Crippen LogP contribution in [0.5, 0.6) is 0 Å². The zero-order chi connectivity index (χ0) is 6.95. The lowest BCUT2D eigenvalue weighted by Crippen LogP contribution is -1.93. The SMILES string of the molecule is C#CCOCCCC#N. The summed E-state index contributed by atoms with van der Waals surface area (Å²) in [6, 6.07) is 2.01. The highest BCUT2D eigenvalue weighted by Gasteiger charge is 1.83. The Bertz CT molecular complexity index is 113. The predicted octanol–water partition coefficient (Wildman–Crippen LogP) is 0.940. The molecule has 2 heteroatoms. The highest BCUT2D eigenvalue weighted by Crippen LogP contribution is 1.86. The molecule has 9 heavy (non-hydrogen) atoms. The molecular formula is C7H9NO. The topological polar surface area (TPSA) is 33.0 Å². The Morgan fingerprint density at radius 3 is 2.89 bits per heavy atom. The van der Waals surface area contributed by atoms with Crippen LogP contribution in [0.1, 0.15) is 12.8 Å². The number of nitriles is 1. The zero-order valence-electron chi connectivity index (χ0n) is 5.26. The Labute approximate surface area is 55.4 Å². The molecular weight excluding hydrogens is 114 g/mol. The average molecular weight is 123 g/mol. The first kappa shape index (κ1) is 8.01. The molecule has 0 radical (unpaired) electrons. The Morgan fingerprint density at radius 2 is 2.33 bits per heavy atom. The molecule has 0 fully saturated rings. The number of nitrogens with zero attached hydrogens (tertiary/aromatic N) is 1. The summed E-state index contributed by atoms with van der Waals surface area (Å²) >= 11 is 0. The third-order valence-corrected chi connectivity index (χ3v) is 0.763. The Morgan fingerprint density at radius 1 is 1.56 bits per heavy atom. The summed E-state index contributed by atoms with van der Waals surface area (Å²) in [5.41, 5.74) is 0. The van der Waals surface area contributed by atoms with Crippen molar-refractivity contribution >= 4 is 0 Å². The summed E-state index contributed by atoms with van der Waals surface area (Å²) in [6.07, 6.45) is 6.23. The van der Waals surface area contributed by atoms with Gasteiger partial charge in [0.25, 0.3) is 0 Å². The fourth-order valence-corrected chi connectivity index (χ4v) is 0.384. The number of terminal acetylenes is 1. The molecule has 0 aliphatic carbocycles. The lowest BCUT2D eigenvalue weighted by atomic mass is 10.3. The summed E-state index contributed by atoms with van der Waals surface area (Å²) in [7, 11) is 0. The molecule has 0 aromatic heterocycles. The van der Waals surface area contributed by atoms with E-state index in [4.69, 9.17) is 16.4 Å². The Balaban J connectivity index is 2.79. The van der Waals surface area contributed by atoms with Gasteiger partial charge in [0.1, 0.15) is 6.61 Å². The van der Waals surface area contributed by atoms with E-state index in [-0.39, 0.29) is 0 Å². The van der Waals surface area contributed by atoms with Crippen LogP contribution in [0.25, 0.3) is 0 Å². The van der Waals surface area contributed by atoms with Crippen LogP contribution >= 0.6 is 0 Å². The molecule has 48 valence electrons. The van der Waals surface area contributed by atoms with Crippen molar-refractivity contribution in [3.05, 3.63) is 0 Å². The molecule has 0 N–H and O–H groups in total. The molecule has 0 spiro atoms. The Kier molecular flexibility index (Phi) is 6.24. The molecule has 0 amide bonds. The molecule has 2 nitrogen and oxygen atoms in total. The van der Waals surface area contributed by atoms with Crippen molar-refractivity contribution in [1.82, 2.24) is 0 Å². The first-order valence-corrected chi connectivity index (χ1v) is 2.80. The maximum Gasteiger partial charge on any atom is 0.107 e. The van der Waals surface area contributed by atoms with Crippen molar-refractivity contribution in [1.29, 1.82) is 5.26 Å². The van der Waals surface area contributed by atoms with Crippen LogP contribution in [0, 0.1) is 23.7 Å². The highest BCUT2D eigenvalue weighted by molar-refractivity contribution is 4.82. The third-order valence-electron chi connectivity index (χ3n) is 0.763. The molecule has 0 unspecified atom stereocenters. The molecule has 0 bridgehead atoms. The van der Waals surface area contributed by atoms with Crippen LogP contribution in [-0.4, -0.2) is 13.2 Å². The fraction of sp³-hybridized carbons (Fsp3) is 0.571.